The number of hydrogen-bond donors (Lipinski definition) is 0. The lowest BCUT2D eigenvalue weighted by atomic mass is 10.3. The van der Waals surface area contributed by atoms with E-state index in [0.29, 0.717) is 0 Å². The molecule has 0 spiro atoms. The molecule has 0 aliphatic heterocycles. The molecule has 0 atom stereocenters. The van der Waals surface area contributed by atoms with Crippen molar-refractivity contribution in [1.29, 1.82) is 5.26 Å². The van der Waals surface area contributed by atoms with Crippen molar-refractivity contribution in [3.05, 3.63) is 34.4 Å². The van der Waals surface area contributed by atoms with Gasteiger partial charge in [-0.25, -0.2) is 8.42 Å². The number of nitro benzene ring substituents is 1. The SMILES string of the molecule is CC(C)N(CCC#N)S(=O)(=O)c1ccccc1[N+](=O)[O-]. The monoisotopic (exact) mass is 297 g/mol. The maximum Gasteiger partial charge on any atom is 0.289 e. The molecular weight excluding hydrogens is 282 g/mol. The zero-order chi connectivity index (χ0) is 15.3. The summed E-state index contributed by atoms with van der Waals surface area (Å²) in [5, 5.41) is 19.5. The number of sulfonamides is 1. The quantitative estimate of drug-likeness (QED) is 0.589. The van der Waals surface area contributed by atoms with E-state index in [1.807, 2.05) is 6.07 Å². The Morgan fingerprint density at radius 2 is 2.00 bits per heavy atom. The largest absolute Gasteiger partial charge is 0.289 e. The zero-order valence-corrected chi connectivity index (χ0v) is 12.0. The highest BCUT2D eigenvalue weighted by molar-refractivity contribution is 7.89. The molecule has 1 rings (SSSR count). The van der Waals surface area contributed by atoms with Gasteiger partial charge < -0.3 is 0 Å². The zero-order valence-electron chi connectivity index (χ0n) is 11.2. The average molecular weight is 297 g/mol. The molecular formula is C12H15N3O4S. The molecule has 0 saturated carbocycles. The molecule has 0 amide bonds. The van der Waals surface area contributed by atoms with Crippen molar-refractivity contribution < 1.29 is 13.3 Å². The molecule has 0 N–H and O–H groups in total. The Bertz CT molecular complexity index is 634. The summed E-state index contributed by atoms with van der Waals surface area (Å²) in [6.07, 6.45) is 0.0258. The number of hydrogen-bond acceptors (Lipinski definition) is 5. The predicted octanol–water partition coefficient (Wildman–Crippen LogP) is 1.91. The van der Waals surface area contributed by atoms with Gasteiger partial charge in [-0.1, -0.05) is 12.1 Å². The fourth-order valence-corrected chi connectivity index (χ4v) is 3.57. The summed E-state index contributed by atoms with van der Waals surface area (Å²) in [5.41, 5.74) is -0.463. The van der Waals surface area contributed by atoms with Crippen LogP contribution in [-0.4, -0.2) is 30.2 Å². The molecule has 1 aromatic rings. The number of rotatable bonds is 6. The van der Waals surface area contributed by atoms with Crippen LogP contribution in [0.15, 0.2) is 29.2 Å². The molecule has 20 heavy (non-hydrogen) atoms. The Balaban J connectivity index is 3.34. The van der Waals surface area contributed by atoms with Gasteiger partial charge in [0.2, 0.25) is 10.0 Å². The van der Waals surface area contributed by atoms with Gasteiger partial charge in [0.05, 0.1) is 11.0 Å². The number of benzene rings is 1. The number of nitriles is 1. The predicted molar refractivity (Wildman–Crippen MR) is 72.4 cm³/mol. The van der Waals surface area contributed by atoms with Crippen LogP contribution >= 0.6 is 0 Å². The smallest absolute Gasteiger partial charge is 0.258 e. The first-order chi connectivity index (χ1) is 9.32. The maximum absolute atomic E-state index is 12.5. The lowest BCUT2D eigenvalue weighted by molar-refractivity contribution is -0.387. The van der Waals surface area contributed by atoms with E-state index in [1.165, 1.54) is 18.2 Å². The lowest BCUT2D eigenvalue weighted by Gasteiger charge is -2.24. The molecule has 7 nitrogen and oxygen atoms in total. The molecule has 1 aromatic carbocycles. The Labute approximate surface area is 117 Å². The Kier molecular flexibility index (Phi) is 5.19. The second kappa shape index (κ2) is 6.45. The number of para-hydroxylation sites is 1. The summed E-state index contributed by atoms with van der Waals surface area (Å²) >= 11 is 0. The summed E-state index contributed by atoms with van der Waals surface area (Å²) in [6.45, 7) is 3.32. The number of nitrogens with zero attached hydrogens (tertiary/aromatic N) is 3. The molecule has 0 radical (unpaired) electrons. The van der Waals surface area contributed by atoms with Gasteiger partial charge in [-0.15, -0.1) is 0 Å². The molecule has 0 aliphatic rings. The fraction of sp³-hybridized carbons (Fsp3) is 0.417. The topological polar surface area (TPSA) is 104 Å². The fourth-order valence-electron chi connectivity index (χ4n) is 1.77. The van der Waals surface area contributed by atoms with Crippen LogP contribution in [0.3, 0.4) is 0 Å². The van der Waals surface area contributed by atoms with Crippen LogP contribution in [0.25, 0.3) is 0 Å². The standard InChI is InChI=1S/C12H15N3O4S/c1-10(2)14(9-5-8-13)20(18,19)12-7-4-3-6-11(12)15(16)17/h3-4,6-7,10H,5,9H2,1-2H3. The molecule has 0 heterocycles. The van der Waals surface area contributed by atoms with Gasteiger partial charge in [-0.05, 0) is 19.9 Å². The summed E-state index contributed by atoms with van der Waals surface area (Å²) in [4.78, 5) is 9.87. The summed E-state index contributed by atoms with van der Waals surface area (Å²) in [6, 6.07) is 6.67. The molecule has 108 valence electrons. The summed E-state index contributed by atoms with van der Waals surface area (Å²) in [5.74, 6) is 0. The number of nitro groups is 1. The van der Waals surface area contributed by atoms with Gasteiger partial charge in [0.15, 0.2) is 4.90 Å². The highest BCUT2D eigenvalue weighted by Gasteiger charge is 2.32. The van der Waals surface area contributed by atoms with E-state index in [-0.39, 0.29) is 17.9 Å². The third-order valence-electron chi connectivity index (χ3n) is 2.67. The molecule has 0 bridgehead atoms. The highest BCUT2D eigenvalue weighted by atomic mass is 32.2. The summed E-state index contributed by atoms with van der Waals surface area (Å²) < 4.78 is 26.1. The van der Waals surface area contributed by atoms with Crippen molar-refractivity contribution in [2.24, 2.45) is 0 Å². The van der Waals surface area contributed by atoms with E-state index in [0.717, 1.165) is 10.4 Å². The molecule has 0 aliphatic carbocycles. The van der Waals surface area contributed by atoms with E-state index < -0.39 is 26.7 Å². The van der Waals surface area contributed by atoms with Crippen molar-refractivity contribution in [1.82, 2.24) is 4.31 Å². The van der Waals surface area contributed by atoms with E-state index in [2.05, 4.69) is 0 Å². The van der Waals surface area contributed by atoms with Gasteiger partial charge in [0, 0.05) is 25.1 Å². The van der Waals surface area contributed by atoms with Crippen molar-refractivity contribution >= 4 is 15.7 Å². The van der Waals surface area contributed by atoms with Gasteiger partial charge in [0.1, 0.15) is 0 Å². The third-order valence-corrected chi connectivity index (χ3v) is 4.79. The normalized spacial score (nSPS) is 11.6. The second-order valence-corrected chi connectivity index (χ2v) is 6.20. The van der Waals surface area contributed by atoms with Crippen molar-refractivity contribution in [3.8, 4) is 6.07 Å². The average Bonchev–Trinajstić information content (AvgIpc) is 2.38. The van der Waals surface area contributed by atoms with Crippen LogP contribution in [0.2, 0.25) is 0 Å². The maximum atomic E-state index is 12.5. The van der Waals surface area contributed by atoms with Gasteiger partial charge in [-0.2, -0.15) is 9.57 Å². The van der Waals surface area contributed by atoms with Gasteiger partial charge in [0.25, 0.3) is 5.69 Å². The van der Waals surface area contributed by atoms with Gasteiger partial charge in [-0.3, -0.25) is 10.1 Å². The third kappa shape index (κ3) is 3.31. The molecule has 0 fully saturated rings. The van der Waals surface area contributed by atoms with Crippen LogP contribution in [0.1, 0.15) is 20.3 Å². The van der Waals surface area contributed by atoms with E-state index in [4.69, 9.17) is 5.26 Å². The second-order valence-electron chi connectivity index (χ2n) is 4.34. The van der Waals surface area contributed by atoms with Crippen LogP contribution in [0.4, 0.5) is 5.69 Å². The van der Waals surface area contributed by atoms with Crippen LogP contribution in [0.5, 0.6) is 0 Å². The Morgan fingerprint density at radius 1 is 1.40 bits per heavy atom. The van der Waals surface area contributed by atoms with E-state index in [1.54, 1.807) is 13.8 Å². The van der Waals surface area contributed by atoms with E-state index >= 15 is 0 Å². The lowest BCUT2D eigenvalue weighted by Crippen LogP contribution is -2.37. The first kappa shape index (κ1) is 16.1. The van der Waals surface area contributed by atoms with Crippen molar-refractivity contribution in [3.63, 3.8) is 0 Å². The molecule has 0 saturated heterocycles. The molecule has 8 heteroatoms. The first-order valence-electron chi connectivity index (χ1n) is 5.94. The van der Waals surface area contributed by atoms with E-state index in [9.17, 15) is 18.5 Å². The molecule has 0 aromatic heterocycles. The first-order valence-corrected chi connectivity index (χ1v) is 7.38. The minimum absolute atomic E-state index is 0.00253. The minimum atomic E-state index is -4.01. The Hall–Kier alpha value is -1.98. The minimum Gasteiger partial charge on any atom is -0.258 e. The Morgan fingerprint density at radius 3 is 2.50 bits per heavy atom. The van der Waals surface area contributed by atoms with Gasteiger partial charge >= 0.3 is 0 Å². The van der Waals surface area contributed by atoms with Crippen LogP contribution in [0, 0.1) is 21.4 Å². The van der Waals surface area contributed by atoms with Crippen LogP contribution in [-0.2, 0) is 10.0 Å². The summed E-state index contributed by atoms with van der Waals surface area (Å²) in [7, 11) is -4.01. The van der Waals surface area contributed by atoms with Crippen molar-refractivity contribution in [2.45, 2.75) is 31.2 Å². The van der Waals surface area contributed by atoms with Crippen molar-refractivity contribution in [2.75, 3.05) is 6.54 Å². The molecule has 0 unspecified atom stereocenters. The van der Waals surface area contributed by atoms with Crippen LogP contribution < -0.4 is 0 Å². The highest BCUT2D eigenvalue weighted by Crippen LogP contribution is 2.27.